The van der Waals surface area contributed by atoms with Crippen LogP contribution in [-0.4, -0.2) is 69.9 Å². The average molecular weight is 279 g/mol. The summed E-state index contributed by atoms with van der Waals surface area (Å²) in [5, 5.41) is 8.67. The van der Waals surface area contributed by atoms with Gasteiger partial charge in [0.2, 0.25) is 0 Å². The molecule has 0 spiro atoms. The molecule has 0 aromatic rings. The van der Waals surface area contributed by atoms with Gasteiger partial charge in [-0.3, -0.25) is 4.48 Å². The third-order valence-electron chi connectivity index (χ3n) is 1.53. The van der Waals surface area contributed by atoms with Crippen LogP contribution >= 0.6 is 0 Å². The lowest BCUT2D eigenvalue weighted by Crippen LogP contribution is -2.48. The molecule has 9 heteroatoms. The van der Waals surface area contributed by atoms with E-state index in [9.17, 15) is 22.0 Å². The van der Waals surface area contributed by atoms with Gasteiger partial charge < -0.3 is 10.0 Å². The summed E-state index contributed by atoms with van der Waals surface area (Å²) < 4.78 is 53.4. The van der Waals surface area contributed by atoms with Gasteiger partial charge in [-0.25, -0.2) is 13.8 Å². The third-order valence-corrected chi connectivity index (χ3v) is 1.53. The van der Waals surface area contributed by atoms with Gasteiger partial charge in [0.25, 0.3) is 12.1 Å². The fourth-order valence-corrected chi connectivity index (χ4v) is 1.10. The highest BCUT2D eigenvalue weighted by atomic mass is 19.4. The number of halogens is 5. The van der Waals surface area contributed by atoms with E-state index in [0.29, 0.717) is 0 Å². The number of nitrogens with zero attached hydrogens (tertiary/aromatic N) is 3. The van der Waals surface area contributed by atoms with Crippen molar-refractivity contribution in [3.63, 3.8) is 0 Å². The van der Waals surface area contributed by atoms with E-state index in [-0.39, 0.29) is 0 Å². The number of hydrogen-bond acceptors (Lipinski definition) is 2. The van der Waals surface area contributed by atoms with Crippen molar-refractivity contribution in [2.75, 3.05) is 42.3 Å². The number of guanidine groups is 1. The molecular weight excluding hydrogens is 261 g/mol. The summed E-state index contributed by atoms with van der Waals surface area (Å²) in [5.41, 5.74) is 0. The first-order valence-electron chi connectivity index (χ1n) is 4.75. The average Bonchev–Trinajstić information content (AvgIpc) is 1.97. The topological polar surface area (TPSA) is 38.7 Å². The van der Waals surface area contributed by atoms with Crippen molar-refractivity contribution >= 4 is 5.96 Å². The van der Waals surface area contributed by atoms with Crippen molar-refractivity contribution in [1.82, 2.24) is 4.90 Å². The van der Waals surface area contributed by atoms with Crippen molar-refractivity contribution in [2.45, 2.75) is 12.3 Å². The zero-order valence-electron chi connectivity index (χ0n) is 11.1. The van der Waals surface area contributed by atoms with Gasteiger partial charge in [0.1, 0.15) is 0 Å². The molecule has 0 amide bonds. The fourth-order valence-electron chi connectivity index (χ4n) is 1.10. The minimum absolute atomic E-state index is 0.767. The van der Waals surface area contributed by atoms with Gasteiger partial charge in [-0.1, -0.05) is 0 Å². The van der Waals surface area contributed by atoms with Crippen LogP contribution in [0.3, 0.4) is 0 Å². The second-order valence-electron chi connectivity index (χ2n) is 4.45. The van der Waals surface area contributed by atoms with E-state index in [4.69, 9.17) is 5.11 Å². The summed E-state index contributed by atoms with van der Waals surface area (Å²) >= 11 is 0. The Morgan fingerprint density at radius 3 is 1.33 bits per heavy atom. The van der Waals surface area contributed by atoms with Crippen molar-refractivity contribution in [3.05, 3.63) is 0 Å². The third kappa shape index (κ3) is 7.38. The lowest BCUT2D eigenvalue weighted by molar-refractivity contribution is -0.782. The van der Waals surface area contributed by atoms with Crippen molar-refractivity contribution in [1.29, 1.82) is 0 Å². The highest BCUT2D eigenvalue weighted by Gasteiger charge is 2.47. The molecule has 0 aromatic heterocycles. The zero-order valence-corrected chi connectivity index (χ0v) is 11.1. The van der Waals surface area contributed by atoms with Gasteiger partial charge in [-0.05, 0) is 0 Å². The maximum atomic E-state index is 10.5. The smallest absolute Gasteiger partial charge is 0.437 e. The monoisotopic (exact) mass is 279 g/mol. The summed E-state index contributed by atoms with van der Waals surface area (Å²) in [6.45, 7) is 0. The normalized spacial score (nSPS) is 13.9. The van der Waals surface area contributed by atoms with Crippen LogP contribution in [0.15, 0.2) is 4.99 Å². The molecule has 0 aliphatic carbocycles. The molecular formula is C9H18F5N3O. The maximum absolute atomic E-state index is 10.5. The van der Waals surface area contributed by atoms with Crippen molar-refractivity contribution < 1.29 is 31.5 Å². The first-order chi connectivity index (χ1) is 7.64. The summed E-state index contributed by atoms with van der Waals surface area (Å²) in [6, 6.07) is 0. The summed E-state index contributed by atoms with van der Waals surface area (Å²) in [4.78, 5) is 6.20. The molecule has 0 unspecified atom stereocenters. The van der Waals surface area contributed by atoms with E-state index >= 15 is 0 Å². The molecule has 0 saturated carbocycles. The second kappa shape index (κ2) is 6.28. The molecule has 0 radical (unpaired) electrons. The van der Waals surface area contributed by atoms with Crippen LogP contribution in [0.5, 0.6) is 0 Å². The molecule has 0 aliphatic heterocycles. The molecule has 0 atom stereocenters. The maximum Gasteiger partial charge on any atom is 0.437 e. The predicted octanol–water partition coefficient (Wildman–Crippen LogP) is 0.742. The standard InChI is InChI=1S/C7H18N3.C2F5O/c1-8-7(9(2)3)10(4,5)6;3-1(4,5)2(6,7)8/h1-6H3;/q+1;-1. The Balaban J connectivity index is 0. The molecule has 4 nitrogen and oxygen atoms in total. The van der Waals surface area contributed by atoms with E-state index < -0.39 is 12.3 Å². The van der Waals surface area contributed by atoms with Gasteiger partial charge in [0.15, 0.2) is 0 Å². The molecule has 18 heavy (non-hydrogen) atoms. The Morgan fingerprint density at radius 1 is 1.06 bits per heavy atom. The van der Waals surface area contributed by atoms with Crippen LogP contribution in [0, 0.1) is 0 Å². The van der Waals surface area contributed by atoms with Gasteiger partial charge in [-0.15, -0.1) is 0 Å². The largest absolute Gasteiger partial charge is 0.791 e. The Kier molecular flexibility index (Phi) is 6.76. The van der Waals surface area contributed by atoms with Gasteiger partial charge in [-0.2, -0.15) is 13.2 Å². The molecule has 110 valence electrons. The number of rotatable bonds is 0. The predicted molar refractivity (Wildman–Crippen MR) is 56.1 cm³/mol. The lowest BCUT2D eigenvalue weighted by atomic mass is 10.6. The number of quaternary nitrogens is 1. The van der Waals surface area contributed by atoms with Gasteiger partial charge >= 0.3 is 6.18 Å². The quantitative estimate of drug-likeness (QED) is 0.284. The Bertz CT molecular complexity index is 263. The van der Waals surface area contributed by atoms with E-state index in [2.05, 4.69) is 26.1 Å². The molecule has 0 rings (SSSR count). The SMILES string of the molecule is CN=C(N(C)C)[N+](C)(C)C.[O-]C(F)(F)C(F)(F)F. The Morgan fingerprint density at radius 2 is 1.33 bits per heavy atom. The van der Waals surface area contributed by atoms with E-state index in [1.165, 1.54) is 0 Å². The van der Waals surface area contributed by atoms with E-state index in [0.717, 1.165) is 10.4 Å². The first-order valence-corrected chi connectivity index (χ1v) is 4.75. The highest BCUT2D eigenvalue weighted by molar-refractivity contribution is 5.72. The molecule has 0 heterocycles. The van der Waals surface area contributed by atoms with Crippen LogP contribution in [0.2, 0.25) is 0 Å². The van der Waals surface area contributed by atoms with Crippen molar-refractivity contribution in [2.24, 2.45) is 4.99 Å². The van der Waals surface area contributed by atoms with E-state index in [1.54, 1.807) is 0 Å². The minimum Gasteiger partial charge on any atom is -0.791 e. The molecule has 0 aromatic carbocycles. The van der Waals surface area contributed by atoms with Crippen LogP contribution in [0.25, 0.3) is 0 Å². The molecule has 0 fully saturated rings. The van der Waals surface area contributed by atoms with Gasteiger partial charge in [0, 0.05) is 21.1 Å². The lowest BCUT2D eigenvalue weighted by Gasteiger charge is -2.28. The van der Waals surface area contributed by atoms with Crippen LogP contribution in [-0.2, 0) is 0 Å². The second-order valence-corrected chi connectivity index (χ2v) is 4.45. The fraction of sp³-hybridized carbons (Fsp3) is 0.889. The summed E-state index contributed by atoms with van der Waals surface area (Å²) in [7, 11) is 12.1. The molecule has 0 aliphatic rings. The first kappa shape index (κ1) is 19.4. The van der Waals surface area contributed by atoms with Crippen LogP contribution in [0.4, 0.5) is 22.0 Å². The number of alkyl halides is 5. The molecule has 0 bridgehead atoms. The number of hydrogen-bond donors (Lipinski definition) is 0. The summed E-state index contributed by atoms with van der Waals surface area (Å²) in [5.74, 6) is 1.07. The Labute approximate surface area is 103 Å². The van der Waals surface area contributed by atoms with Gasteiger partial charge in [0.05, 0.1) is 21.1 Å². The van der Waals surface area contributed by atoms with Crippen LogP contribution < -0.4 is 5.11 Å². The zero-order chi connectivity index (χ0) is 15.4. The minimum atomic E-state index is -5.95. The molecule has 0 N–H and O–H groups in total. The highest BCUT2D eigenvalue weighted by Crippen LogP contribution is 2.29. The van der Waals surface area contributed by atoms with E-state index in [1.807, 2.05) is 26.0 Å². The molecule has 0 saturated heterocycles. The van der Waals surface area contributed by atoms with Crippen LogP contribution in [0.1, 0.15) is 0 Å². The number of aliphatic imine (C=N–C) groups is 1. The van der Waals surface area contributed by atoms with Crippen molar-refractivity contribution in [3.8, 4) is 0 Å². The Hall–Kier alpha value is -0.960. The summed E-state index contributed by atoms with van der Waals surface area (Å²) in [6.07, 6.45) is -11.8.